The van der Waals surface area contributed by atoms with Crippen molar-refractivity contribution >= 4 is 18.4 Å². The second-order valence-corrected chi connectivity index (χ2v) is 1.57. The Labute approximate surface area is 65.1 Å². The molecular weight excluding hydrogens is 161 g/mol. The van der Waals surface area contributed by atoms with Crippen molar-refractivity contribution in [3.63, 3.8) is 0 Å². The van der Waals surface area contributed by atoms with Crippen molar-refractivity contribution in [2.75, 3.05) is 13.2 Å². The van der Waals surface area contributed by atoms with E-state index in [-0.39, 0.29) is 25.6 Å². The average molecular weight is 172 g/mol. The molecule has 0 fully saturated rings. The number of alkyl halides is 1. The minimum Gasteiger partial charge on any atom is -0.462 e. The van der Waals surface area contributed by atoms with Crippen LogP contribution in [0, 0.1) is 0 Å². The van der Waals surface area contributed by atoms with E-state index in [2.05, 4.69) is 4.74 Å². The molecule has 0 unspecified atom stereocenters. The molecule has 0 aromatic rings. The molecule has 0 aromatic heterocycles. The van der Waals surface area contributed by atoms with Crippen LogP contribution in [0.15, 0.2) is 0 Å². The number of carbonyl (C=O) groups is 1. The number of ether oxygens (including phenoxy) is 1. The van der Waals surface area contributed by atoms with Crippen LogP contribution in [-0.2, 0) is 9.53 Å². The van der Waals surface area contributed by atoms with Crippen molar-refractivity contribution in [1.82, 2.24) is 0 Å². The Morgan fingerprint density at radius 1 is 1.80 bits per heavy atom. The van der Waals surface area contributed by atoms with Gasteiger partial charge in [0, 0.05) is 6.54 Å². The number of hydrogen-bond donors (Lipinski definition) is 1. The summed E-state index contributed by atoms with van der Waals surface area (Å²) < 4.78 is 16.2. The van der Waals surface area contributed by atoms with Gasteiger partial charge in [0.15, 0.2) is 6.17 Å². The molecule has 2 N–H and O–H groups in total. The highest BCUT2D eigenvalue weighted by Gasteiger charge is 2.10. The summed E-state index contributed by atoms with van der Waals surface area (Å²) in [5.41, 5.74) is 4.98. The van der Waals surface area contributed by atoms with Crippen molar-refractivity contribution < 1.29 is 13.9 Å². The van der Waals surface area contributed by atoms with E-state index in [0.717, 1.165) is 6.92 Å². The van der Waals surface area contributed by atoms with Gasteiger partial charge < -0.3 is 10.5 Å². The molecule has 0 saturated carbocycles. The molecule has 0 heterocycles. The summed E-state index contributed by atoms with van der Waals surface area (Å²) >= 11 is 0. The maximum Gasteiger partial charge on any atom is 0.340 e. The average Bonchev–Trinajstić information content (AvgIpc) is 1.82. The largest absolute Gasteiger partial charge is 0.462 e. The predicted molar refractivity (Wildman–Crippen MR) is 37.8 cm³/mol. The zero-order valence-electron chi connectivity index (χ0n) is 5.67. The van der Waals surface area contributed by atoms with Gasteiger partial charge >= 0.3 is 5.97 Å². The van der Waals surface area contributed by atoms with Crippen LogP contribution in [-0.4, -0.2) is 25.3 Å². The van der Waals surface area contributed by atoms with Crippen LogP contribution in [0.3, 0.4) is 0 Å². The van der Waals surface area contributed by atoms with Gasteiger partial charge in [-0.1, -0.05) is 0 Å². The Hall–Kier alpha value is -0.350. The number of rotatable bonds is 3. The number of nitrogens with two attached hydrogens (primary N) is 1. The van der Waals surface area contributed by atoms with Crippen LogP contribution in [0.1, 0.15) is 6.92 Å². The smallest absolute Gasteiger partial charge is 0.340 e. The van der Waals surface area contributed by atoms with Crippen molar-refractivity contribution in [1.29, 1.82) is 0 Å². The number of esters is 1. The molecule has 62 valence electrons. The van der Waals surface area contributed by atoms with Gasteiger partial charge in [-0.15, -0.1) is 12.4 Å². The summed E-state index contributed by atoms with van der Waals surface area (Å²) in [6.07, 6.45) is -1.54. The molecule has 0 bridgehead atoms. The zero-order chi connectivity index (χ0) is 7.28. The Morgan fingerprint density at radius 3 is 2.60 bits per heavy atom. The Kier molecular flexibility index (Phi) is 8.35. The fraction of sp³-hybridized carbons (Fsp3) is 0.800. The molecule has 0 rings (SSSR count). The first-order valence-corrected chi connectivity index (χ1v) is 2.69. The highest BCUT2D eigenvalue weighted by atomic mass is 35.5. The van der Waals surface area contributed by atoms with Gasteiger partial charge in [-0.2, -0.15) is 0 Å². The highest BCUT2D eigenvalue weighted by Crippen LogP contribution is 1.90. The first-order valence-electron chi connectivity index (χ1n) is 2.69. The van der Waals surface area contributed by atoms with E-state index in [1.807, 2.05) is 0 Å². The summed E-state index contributed by atoms with van der Waals surface area (Å²) in [6, 6.07) is 0. The standard InChI is InChI=1S/C5H10FNO2.ClH/c1-4(6)5(8)9-3-2-7;/h4H,2-3,7H2,1H3;1H/t4-;/m0./s1. The second-order valence-electron chi connectivity index (χ2n) is 1.57. The highest BCUT2D eigenvalue weighted by molar-refractivity contribution is 5.85. The molecule has 1 atom stereocenters. The minimum absolute atomic E-state index is 0. The maximum atomic E-state index is 11.9. The molecule has 0 aromatic carbocycles. The van der Waals surface area contributed by atoms with E-state index in [1.165, 1.54) is 0 Å². The lowest BCUT2D eigenvalue weighted by Gasteiger charge is -2.01. The van der Waals surface area contributed by atoms with Crippen molar-refractivity contribution in [3.05, 3.63) is 0 Å². The van der Waals surface area contributed by atoms with Gasteiger partial charge in [-0.25, -0.2) is 9.18 Å². The first kappa shape index (κ1) is 12.3. The van der Waals surface area contributed by atoms with Crippen LogP contribution < -0.4 is 5.73 Å². The van der Waals surface area contributed by atoms with Gasteiger partial charge in [0.2, 0.25) is 0 Å². The molecule has 0 spiro atoms. The van der Waals surface area contributed by atoms with Gasteiger partial charge in [-0.05, 0) is 6.92 Å². The van der Waals surface area contributed by atoms with E-state index < -0.39 is 12.1 Å². The topological polar surface area (TPSA) is 52.3 Å². The summed E-state index contributed by atoms with van der Waals surface area (Å²) in [5, 5.41) is 0. The molecule has 0 saturated heterocycles. The lowest BCUT2D eigenvalue weighted by atomic mass is 10.4. The third-order valence-corrected chi connectivity index (χ3v) is 0.687. The third kappa shape index (κ3) is 5.78. The fourth-order valence-electron chi connectivity index (χ4n) is 0.274. The Bertz CT molecular complexity index is 99.6. The van der Waals surface area contributed by atoms with E-state index in [1.54, 1.807) is 0 Å². The van der Waals surface area contributed by atoms with E-state index in [9.17, 15) is 9.18 Å². The quantitative estimate of drug-likeness (QED) is 0.621. The van der Waals surface area contributed by atoms with Crippen LogP contribution in [0.4, 0.5) is 4.39 Å². The Morgan fingerprint density at radius 2 is 2.30 bits per heavy atom. The summed E-state index contributed by atoms with van der Waals surface area (Å²) in [7, 11) is 0. The Balaban J connectivity index is 0. The zero-order valence-corrected chi connectivity index (χ0v) is 6.49. The van der Waals surface area contributed by atoms with Crippen molar-refractivity contribution in [2.24, 2.45) is 5.73 Å². The van der Waals surface area contributed by atoms with Gasteiger partial charge in [0.25, 0.3) is 0 Å². The molecular formula is C5H11ClFNO2. The van der Waals surface area contributed by atoms with Crippen LogP contribution in [0.2, 0.25) is 0 Å². The maximum absolute atomic E-state index is 11.9. The van der Waals surface area contributed by atoms with Gasteiger partial charge in [-0.3, -0.25) is 0 Å². The number of hydrogen-bond acceptors (Lipinski definition) is 3. The van der Waals surface area contributed by atoms with Crippen molar-refractivity contribution in [3.8, 4) is 0 Å². The second kappa shape index (κ2) is 6.77. The lowest BCUT2D eigenvalue weighted by molar-refractivity contribution is -0.148. The van der Waals surface area contributed by atoms with Gasteiger partial charge in [0.05, 0.1) is 0 Å². The van der Waals surface area contributed by atoms with E-state index in [0.29, 0.717) is 0 Å². The SMILES string of the molecule is C[C@H](F)C(=O)OCCN.Cl. The van der Waals surface area contributed by atoms with Gasteiger partial charge in [0.1, 0.15) is 6.61 Å². The third-order valence-electron chi connectivity index (χ3n) is 0.687. The van der Waals surface area contributed by atoms with Crippen molar-refractivity contribution in [2.45, 2.75) is 13.1 Å². The molecule has 0 amide bonds. The summed E-state index contributed by atoms with van der Waals surface area (Å²) in [4.78, 5) is 10.2. The number of halogens is 2. The summed E-state index contributed by atoms with van der Waals surface area (Å²) in [6.45, 7) is 1.45. The first-order chi connectivity index (χ1) is 4.18. The van der Waals surface area contributed by atoms with Crippen LogP contribution in [0.25, 0.3) is 0 Å². The molecule has 0 aliphatic carbocycles. The number of carbonyl (C=O) groups excluding carboxylic acids is 1. The van der Waals surface area contributed by atoms with E-state index in [4.69, 9.17) is 5.73 Å². The van der Waals surface area contributed by atoms with Crippen LogP contribution >= 0.6 is 12.4 Å². The normalized spacial score (nSPS) is 11.5. The lowest BCUT2D eigenvalue weighted by Crippen LogP contribution is -2.19. The molecule has 10 heavy (non-hydrogen) atoms. The fourth-order valence-corrected chi connectivity index (χ4v) is 0.274. The van der Waals surface area contributed by atoms with E-state index >= 15 is 0 Å². The molecule has 3 nitrogen and oxygen atoms in total. The molecule has 0 aliphatic rings. The van der Waals surface area contributed by atoms with Crippen LogP contribution in [0.5, 0.6) is 0 Å². The summed E-state index contributed by atoms with van der Waals surface area (Å²) in [5.74, 6) is -0.847. The molecule has 0 radical (unpaired) electrons. The predicted octanol–water partition coefficient (Wildman–Crippen LogP) is 0.268. The monoisotopic (exact) mass is 171 g/mol. The molecule has 5 heteroatoms. The minimum atomic E-state index is -1.54. The molecule has 0 aliphatic heterocycles.